The van der Waals surface area contributed by atoms with Gasteiger partial charge in [0.15, 0.2) is 5.79 Å². The molecule has 2 rings (SSSR count). The van der Waals surface area contributed by atoms with Crippen molar-refractivity contribution in [2.45, 2.75) is 18.1 Å². The quantitative estimate of drug-likeness (QED) is 0.738. The van der Waals surface area contributed by atoms with Gasteiger partial charge in [-0.15, -0.1) is 0 Å². The van der Waals surface area contributed by atoms with Crippen LogP contribution in [0.2, 0.25) is 5.02 Å². The Morgan fingerprint density at radius 1 is 1.46 bits per heavy atom. The molecule has 1 aromatic rings. The molecule has 0 saturated heterocycles. The molecule has 1 aliphatic rings. The van der Waals surface area contributed by atoms with E-state index in [2.05, 4.69) is 0 Å². The summed E-state index contributed by atoms with van der Waals surface area (Å²) in [5.74, 6) is -0.830. The van der Waals surface area contributed by atoms with E-state index in [1.807, 2.05) is 24.3 Å². The molecule has 0 amide bonds. The van der Waals surface area contributed by atoms with Crippen LogP contribution in [0.4, 0.5) is 0 Å². The van der Waals surface area contributed by atoms with E-state index in [1.165, 1.54) is 7.11 Å². The summed E-state index contributed by atoms with van der Waals surface area (Å²) in [5, 5.41) is 10.4. The number of aliphatic hydroxyl groups is 1. The Morgan fingerprint density at radius 2 is 2.08 bits per heavy atom. The first-order chi connectivity index (χ1) is 6.15. The zero-order valence-electron chi connectivity index (χ0n) is 7.33. The van der Waals surface area contributed by atoms with Crippen molar-refractivity contribution < 1.29 is 9.84 Å². The molecular weight excluding hydrogens is 188 g/mol. The van der Waals surface area contributed by atoms with Crippen LogP contribution in [0, 0.1) is 0 Å². The Labute approximate surface area is 82.1 Å². The Balaban J connectivity index is 2.16. The van der Waals surface area contributed by atoms with Crippen molar-refractivity contribution in [2.75, 3.05) is 7.11 Å². The minimum atomic E-state index is -0.937. The summed E-state index contributed by atoms with van der Waals surface area (Å²) in [5.41, 5.74) is 1.08. The average Bonchev–Trinajstić information content (AvgIpc) is 2.81. The van der Waals surface area contributed by atoms with Gasteiger partial charge in [-0.25, -0.2) is 0 Å². The molecule has 2 nitrogen and oxygen atoms in total. The first-order valence-electron chi connectivity index (χ1n) is 4.19. The van der Waals surface area contributed by atoms with Crippen molar-refractivity contribution in [1.29, 1.82) is 0 Å². The highest BCUT2D eigenvalue weighted by Crippen LogP contribution is 2.51. The smallest absolute Gasteiger partial charge is 0.172 e. The number of halogens is 1. The van der Waals surface area contributed by atoms with Gasteiger partial charge in [-0.2, -0.15) is 0 Å². The molecule has 0 aliphatic heterocycles. The molecule has 1 fully saturated rings. The minimum absolute atomic E-state index is 0.106. The standard InChI is InChI=1S/C10H11ClO2/c1-13-10(12)6-9(10)7-2-4-8(11)5-3-7/h2-5,9,12H,6H2,1H3/t9-,10-/m1/s1. The van der Waals surface area contributed by atoms with Crippen LogP contribution in [0.25, 0.3) is 0 Å². The lowest BCUT2D eigenvalue weighted by atomic mass is 10.1. The summed E-state index contributed by atoms with van der Waals surface area (Å²) in [6, 6.07) is 7.49. The first-order valence-corrected chi connectivity index (χ1v) is 4.56. The zero-order valence-corrected chi connectivity index (χ0v) is 8.08. The lowest BCUT2D eigenvalue weighted by Crippen LogP contribution is -2.12. The van der Waals surface area contributed by atoms with Gasteiger partial charge in [0.1, 0.15) is 0 Å². The van der Waals surface area contributed by atoms with E-state index in [1.54, 1.807) is 0 Å². The molecule has 0 aromatic heterocycles. The summed E-state index contributed by atoms with van der Waals surface area (Å²) in [7, 11) is 1.52. The third-order valence-corrected chi connectivity index (χ3v) is 2.76. The molecule has 2 atom stereocenters. The Bertz CT molecular complexity index is 309. The minimum Gasteiger partial charge on any atom is -0.365 e. The van der Waals surface area contributed by atoms with Gasteiger partial charge in [0.25, 0.3) is 0 Å². The van der Waals surface area contributed by atoms with Crippen LogP contribution in [0.15, 0.2) is 24.3 Å². The molecule has 1 N–H and O–H groups in total. The van der Waals surface area contributed by atoms with Crippen molar-refractivity contribution in [3.8, 4) is 0 Å². The topological polar surface area (TPSA) is 29.5 Å². The first kappa shape index (κ1) is 9.00. The van der Waals surface area contributed by atoms with Crippen LogP contribution in [-0.4, -0.2) is 18.0 Å². The lowest BCUT2D eigenvalue weighted by Gasteiger charge is -2.07. The van der Waals surface area contributed by atoms with Crippen molar-refractivity contribution in [3.63, 3.8) is 0 Å². The fourth-order valence-corrected chi connectivity index (χ4v) is 1.66. The third kappa shape index (κ3) is 1.57. The van der Waals surface area contributed by atoms with Gasteiger partial charge in [-0.1, -0.05) is 23.7 Å². The molecule has 0 bridgehead atoms. The predicted octanol–water partition coefficient (Wildman–Crippen LogP) is 2.16. The van der Waals surface area contributed by atoms with Crippen LogP contribution < -0.4 is 0 Å². The number of methoxy groups -OCH3 is 1. The molecule has 1 saturated carbocycles. The molecule has 1 aliphatic carbocycles. The van der Waals surface area contributed by atoms with Crippen LogP contribution in [-0.2, 0) is 4.74 Å². The highest BCUT2D eigenvalue weighted by molar-refractivity contribution is 6.30. The van der Waals surface area contributed by atoms with E-state index in [-0.39, 0.29) is 5.92 Å². The molecule has 3 heteroatoms. The van der Waals surface area contributed by atoms with Gasteiger partial charge in [-0.3, -0.25) is 0 Å². The fourth-order valence-electron chi connectivity index (χ4n) is 1.53. The van der Waals surface area contributed by atoms with Crippen molar-refractivity contribution >= 4 is 11.6 Å². The highest BCUT2D eigenvalue weighted by Gasteiger charge is 2.54. The van der Waals surface area contributed by atoms with Crippen LogP contribution >= 0.6 is 11.6 Å². The van der Waals surface area contributed by atoms with E-state index in [0.29, 0.717) is 11.4 Å². The van der Waals surface area contributed by atoms with Crippen LogP contribution in [0.3, 0.4) is 0 Å². The normalized spacial score (nSPS) is 31.8. The largest absolute Gasteiger partial charge is 0.365 e. The highest BCUT2D eigenvalue weighted by atomic mass is 35.5. The van der Waals surface area contributed by atoms with E-state index in [9.17, 15) is 5.11 Å². The molecule has 1 aromatic carbocycles. The lowest BCUT2D eigenvalue weighted by molar-refractivity contribution is -0.105. The van der Waals surface area contributed by atoms with E-state index >= 15 is 0 Å². The molecule has 0 heterocycles. The van der Waals surface area contributed by atoms with Gasteiger partial charge in [-0.05, 0) is 17.7 Å². The number of rotatable bonds is 2. The Morgan fingerprint density at radius 3 is 2.54 bits per heavy atom. The van der Waals surface area contributed by atoms with Crippen molar-refractivity contribution in [1.82, 2.24) is 0 Å². The van der Waals surface area contributed by atoms with E-state index < -0.39 is 5.79 Å². The summed E-state index contributed by atoms with van der Waals surface area (Å²) in [6.45, 7) is 0. The second-order valence-corrected chi connectivity index (χ2v) is 3.79. The van der Waals surface area contributed by atoms with Crippen LogP contribution in [0.1, 0.15) is 17.9 Å². The second-order valence-electron chi connectivity index (χ2n) is 3.36. The molecule has 70 valence electrons. The molecular formula is C10H11ClO2. The maximum absolute atomic E-state index is 9.66. The maximum atomic E-state index is 9.66. The van der Waals surface area contributed by atoms with Gasteiger partial charge in [0.2, 0.25) is 0 Å². The third-order valence-electron chi connectivity index (χ3n) is 2.51. The van der Waals surface area contributed by atoms with E-state index in [4.69, 9.17) is 16.3 Å². The maximum Gasteiger partial charge on any atom is 0.172 e. The summed E-state index contributed by atoms with van der Waals surface area (Å²) < 4.78 is 4.97. The zero-order chi connectivity index (χ0) is 9.47. The predicted molar refractivity (Wildman–Crippen MR) is 50.8 cm³/mol. The number of hydrogen-bond donors (Lipinski definition) is 1. The average molecular weight is 199 g/mol. The molecule has 13 heavy (non-hydrogen) atoms. The number of benzene rings is 1. The summed E-state index contributed by atoms with van der Waals surface area (Å²) >= 11 is 5.75. The SMILES string of the molecule is CO[C@]1(O)C[C@@H]1c1ccc(Cl)cc1. The van der Waals surface area contributed by atoms with Gasteiger partial charge in [0.05, 0.1) is 0 Å². The molecule has 0 unspecified atom stereocenters. The molecule has 0 radical (unpaired) electrons. The Hall–Kier alpha value is -0.570. The van der Waals surface area contributed by atoms with Gasteiger partial charge < -0.3 is 9.84 Å². The molecule has 0 spiro atoms. The van der Waals surface area contributed by atoms with Gasteiger partial charge in [0, 0.05) is 24.5 Å². The second kappa shape index (κ2) is 2.98. The fraction of sp³-hybridized carbons (Fsp3) is 0.400. The van der Waals surface area contributed by atoms with Crippen molar-refractivity contribution in [3.05, 3.63) is 34.9 Å². The monoisotopic (exact) mass is 198 g/mol. The van der Waals surface area contributed by atoms with Gasteiger partial charge >= 0.3 is 0 Å². The van der Waals surface area contributed by atoms with Crippen molar-refractivity contribution in [2.24, 2.45) is 0 Å². The van der Waals surface area contributed by atoms with E-state index in [0.717, 1.165) is 5.56 Å². The summed E-state index contributed by atoms with van der Waals surface area (Å²) in [6.07, 6.45) is 0.672. The number of hydrogen-bond acceptors (Lipinski definition) is 2. The Kier molecular flexibility index (Phi) is 2.06. The summed E-state index contributed by atoms with van der Waals surface area (Å²) in [4.78, 5) is 0. The van der Waals surface area contributed by atoms with Crippen LogP contribution in [0.5, 0.6) is 0 Å². The number of ether oxygens (including phenoxy) is 1.